The lowest BCUT2D eigenvalue weighted by Crippen LogP contribution is -2.03. The SMILES string of the molecule is CC(=O)O.CCCCCCC(=O)CC(C)=O. The second-order valence-corrected chi connectivity index (χ2v) is 3.75. The predicted molar refractivity (Wildman–Crippen MR) is 62.4 cm³/mol. The van der Waals surface area contributed by atoms with Crippen molar-refractivity contribution in [2.75, 3.05) is 0 Å². The van der Waals surface area contributed by atoms with Crippen LogP contribution in [0.5, 0.6) is 0 Å². The molecule has 0 atom stereocenters. The summed E-state index contributed by atoms with van der Waals surface area (Å²) in [7, 11) is 0. The average Bonchev–Trinajstić information content (AvgIpc) is 2.10. The molecule has 0 saturated heterocycles. The molecule has 0 aromatic rings. The van der Waals surface area contributed by atoms with Gasteiger partial charge < -0.3 is 5.11 Å². The molecule has 0 spiro atoms. The van der Waals surface area contributed by atoms with E-state index >= 15 is 0 Å². The van der Waals surface area contributed by atoms with E-state index in [0.717, 1.165) is 19.8 Å². The van der Waals surface area contributed by atoms with Crippen molar-refractivity contribution < 1.29 is 19.5 Å². The van der Waals surface area contributed by atoms with Crippen LogP contribution in [-0.2, 0) is 14.4 Å². The van der Waals surface area contributed by atoms with E-state index in [1.165, 1.54) is 19.8 Å². The van der Waals surface area contributed by atoms with E-state index in [-0.39, 0.29) is 18.0 Å². The van der Waals surface area contributed by atoms with Gasteiger partial charge in [-0.15, -0.1) is 0 Å². The zero-order valence-corrected chi connectivity index (χ0v) is 10.4. The summed E-state index contributed by atoms with van der Waals surface area (Å²) >= 11 is 0. The molecule has 0 fully saturated rings. The van der Waals surface area contributed by atoms with Crippen LogP contribution in [0.15, 0.2) is 0 Å². The third kappa shape index (κ3) is 23.0. The second kappa shape index (κ2) is 11.9. The molecule has 4 nitrogen and oxygen atoms in total. The largest absolute Gasteiger partial charge is 0.481 e. The van der Waals surface area contributed by atoms with E-state index in [0.29, 0.717) is 6.42 Å². The number of ketones is 2. The standard InChI is InChI=1S/C10H18O2.C2H4O2/c1-3-4-5-6-7-10(12)8-9(2)11;1-2(3)4/h3-8H2,1-2H3;1H3,(H,3,4). The summed E-state index contributed by atoms with van der Waals surface area (Å²) in [6, 6.07) is 0. The summed E-state index contributed by atoms with van der Waals surface area (Å²) in [6.07, 6.45) is 5.14. The molecule has 0 amide bonds. The number of Topliss-reactive ketones (excluding diaryl/α,β-unsaturated/α-hetero) is 2. The third-order valence-corrected chi connectivity index (χ3v) is 1.76. The lowest BCUT2D eigenvalue weighted by Gasteiger charge is -1.97. The molecule has 0 aromatic carbocycles. The van der Waals surface area contributed by atoms with Crippen LogP contribution in [0.2, 0.25) is 0 Å². The normalized spacial score (nSPS) is 8.94. The van der Waals surface area contributed by atoms with Crippen LogP contribution in [0.25, 0.3) is 0 Å². The number of rotatable bonds is 7. The van der Waals surface area contributed by atoms with E-state index in [9.17, 15) is 9.59 Å². The molecular formula is C12H22O4. The Hall–Kier alpha value is -1.19. The number of aliphatic carboxylic acids is 1. The first-order valence-corrected chi connectivity index (χ1v) is 5.60. The number of carboxylic acid groups (broad SMARTS) is 1. The van der Waals surface area contributed by atoms with E-state index < -0.39 is 5.97 Å². The summed E-state index contributed by atoms with van der Waals surface area (Å²) in [4.78, 5) is 30.5. The van der Waals surface area contributed by atoms with Crippen LogP contribution in [0, 0.1) is 0 Å². The molecule has 0 bridgehead atoms. The minimum Gasteiger partial charge on any atom is -0.481 e. The lowest BCUT2D eigenvalue weighted by atomic mass is 10.1. The molecule has 0 heterocycles. The minimum absolute atomic E-state index is 0.0181. The molecule has 16 heavy (non-hydrogen) atoms. The van der Waals surface area contributed by atoms with Gasteiger partial charge in [0, 0.05) is 13.3 Å². The van der Waals surface area contributed by atoms with Crippen LogP contribution in [0.1, 0.15) is 59.3 Å². The monoisotopic (exact) mass is 230 g/mol. The highest BCUT2D eigenvalue weighted by Gasteiger charge is 2.03. The highest BCUT2D eigenvalue weighted by Crippen LogP contribution is 2.04. The summed E-state index contributed by atoms with van der Waals surface area (Å²) in [5.41, 5.74) is 0. The Balaban J connectivity index is 0. The minimum atomic E-state index is -0.833. The smallest absolute Gasteiger partial charge is 0.300 e. The topological polar surface area (TPSA) is 71.4 Å². The van der Waals surface area contributed by atoms with Crippen molar-refractivity contribution in [1.82, 2.24) is 0 Å². The van der Waals surface area contributed by atoms with Crippen molar-refractivity contribution in [3.8, 4) is 0 Å². The molecule has 0 saturated carbocycles. The van der Waals surface area contributed by atoms with Gasteiger partial charge in [0.1, 0.15) is 11.6 Å². The number of carbonyl (C=O) groups excluding carboxylic acids is 2. The fourth-order valence-corrected chi connectivity index (χ4v) is 1.11. The van der Waals surface area contributed by atoms with Gasteiger partial charge in [-0.3, -0.25) is 14.4 Å². The first-order valence-electron chi connectivity index (χ1n) is 5.60. The van der Waals surface area contributed by atoms with Crippen LogP contribution < -0.4 is 0 Å². The maximum absolute atomic E-state index is 11.0. The summed E-state index contributed by atoms with van der Waals surface area (Å²) in [5, 5.41) is 7.42. The molecule has 0 aliphatic rings. The van der Waals surface area contributed by atoms with Crippen molar-refractivity contribution in [1.29, 1.82) is 0 Å². The van der Waals surface area contributed by atoms with E-state index in [4.69, 9.17) is 9.90 Å². The quantitative estimate of drug-likeness (QED) is 0.539. The first kappa shape index (κ1) is 17.2. The van der Waals surface area contributed by atoms with Crippen molar-refractivity contribution in [3.63, 3.8) is 0 Å². The Morgan fingerprint density at radius 3 is 1.88 bits per heavy atom. The maximum Gasteiger partial charge on any atom is 0.300 e. The van der Waals surface area contributed by atoms with Gasteiger partial charge in [0.25, 0.3) is 5.97 Å². The van der Waals surface area contributed by atoms with Crippen molar-refractivity contribution >= 4 is 17.5 Å². The molecule has 0 aliphatic carbocycles. The summed E-state index contributed by atoms with van der Waals surface area (Å²) in [5.74, 6) is -0.755. The van der Waals surface area contributed by atoms with E-state index in [2.05, 4.69) is 6.92 Å². The molecule has 94 valence electrons. The van der Waals surface area contributed by atoms with Gasteiger partial charge in [-0.2, -0.15) is 0 Å². The van der Waals surface area contributed by atoms with Crippen molar-refractivity contribution in [2.24, 2.45) is 0 Å². The summed E-state index contributed by atoms with van der Waals surface area (Å²) in [6.45, 7) is 4.68. The highest BCUT2D eigenvalue weighted by atomic mass is 16.4. The molecule has 0 radical (unpaired) electrons. The van der Waals surface area contributed by atoms with Crippen molar-refractivity contribution in [3.05, 3.63) is 0 Å². The Morgan fingerprint density at radius 2 is 1.50 bits per heavy atom. The zero-order chi connectivity index (χ0) is 13.0. The highest BCUT2D eigenvalue weighted by molar-refractivity contribution is 5.97. The van der Waals surface area contributed by atoms with Crippen LogP contribution in [0.3, 0.4) is 0 Å². The van der Waals surface area contributed by atoms with Gasteiger partial charge in [0.05, 0.1) is 6.42 Å². The van der Waals surface area contributed by atoms with E-state index in [1.807, 2.05) is 0 Å². The van der Waals surface area contributed by atoms with E-state index in [1.54, 1.807) is 0 Å². The van der Waals surface area contributed by atoms with Gasteiger partial charge in [-0.25, -0.2) is 0 Å². The Bertz CT molecular complexity index is 217. The van der Waals surface area contributed by atoms with Crippen molar-refractivity contribution in [2.45, 2.75) is 59.3 Å². The van der Waals surface area contributed by atoms with Crippen LogP contribution >= 0.6 is 0 Å². The number of hydrogen-bond acceptors (Lipinski definition) is 3. The molecule has 4 heteroatoms. The fraction of sp³-hybridized carbons (Fsp3) is 0.750. The Labute approximate surface area is 97.0 Å². The second-order valence-electron chi connectivity index (χ2n) is 3.75. The number of carboxylic acids is 1. The summed E-state index contributed by atoms with van der Waals surface area (Å²) < 4.78 is 0. The number of hydrogen-bond donors (Lipinski definition) is 1. The zero-order valence-electron chi connectivity index (χ0n) is 10.4. The molecule has 1 N–H and O–H groups in total. The number of carbonyl (C=O) groups is 3. The van der Waals surface area contributed by atoms with Gasteiger partial charge in [-0.1, -0.05) is 26.2 Å². The first-order chi connectivity index (χ1) is 7.40. The fourth-order valence-electron chi connectivity index (χ4n) is 1.11. The van der Waals surface area contributed by atoms with Gasteiger partial charge >= 0.3 is 0 Å². The van der Waals surface area contributed by atoms with Gasteiger partial charge in [0.15, 0.2) is 0 Å². The lowest BCUT2D eigenvalue weighted by molar-refractivity contribution is -0.134. The molecule has 0 rings (SSSR count). The molecule has 0 aromatic heterocycles. The Morgan fingerprint density at radius 1 is 1.00 bits per heavy atom. The number of unbranched alkanes of at least 4 members (excludes halogenated alkanes) is 3. The molecule has 0 unspecified atom stereocenters. The van der Waals surface area contributed by atoms with Crippen LogP contribution in [-0.4, -0.2) is 22.6 Å². The van der Waals surface area contributed by atoms with Gasteiger partial charge in [-0.05, 0) is 13.3 Å². The predicted octanol–water partition coefficient (Wildman–Crippen LogP) is 2.60. The third-order valence-electron chi connectivity index (χ3n) is 1.76. The van der Waals surface area contributed by atoms with Gasteiger partial charge in [0.2, 0.25) is 0 Å². The molecule has 0 aliphatic heterocycles. The van der Waals surface area contributed by atoms with Crippen LogP contribution in [0.4, 0.5) is 0 Å². The molecular weight excluding hydrogens is 208 g/mol. The average molecular weight is 230 g/mol. The Kier molecular flexibility index (Phi) is 12.8. The maximum atomic E-state index is 11.0.